The second-order valence-corrected chi connectivity index (χ2v) is 9.74. The van der Waals surface area contributed by atoms with Crippen molar-refractivity contribution in [2.24, 2.45) is 0 Å². The number of rotatable bonds is 8. The Balaban J connectivity index is 1.56. The van der Waals surface area contributed by atoms with E-state index in [2.05, 4.69) is 31.3 Å². The Morgan fingerprint density at radius 1 is 1.03 bits per heavy atom. The van der Waals surface area contributed by atoms with Crippen LogP contribution in [0.25, 0.3) is 22.2 Å². The van der Waals surface area contributed by atoms with E-state index < -0.39 is 0 Å². The van der Waals surface area contributed by atoms with Crippen LogP contribution in [0.3, 0.4) is 0 Å². The minimum atomic E-state index is -0.0195. The molecular weight excluding hydrogens is 422 g/mol. The quantitative estimate of drug-likeness (QED) is 0.483. The molecule has 180 valence electrons. The number of quaternary nitrogens is 1. The SMILES string of the molecule is COc1ccc(-c2cc(C(=O)NCCC[NH+]3CCCCCC3)c3cc(C(C)C)ccc3n2)cc1. The average molecular weight is 461 g/mol. The van der Waals surface area contributed by atoms with E-state index in [0.29, 0.717) is 18.0 Å². The standard InChI is InChI=1S/C29H37N3O2/c1-21(2)23-11-14-27-25(19-23)26(20-28(31-27)22-9-12-24(34-3)13-10-22)29(33)30-15-8-18-32-16-6-4-5-7-17-32/h9-14,19-21H,4-8,15-18H2,1-3H3,(H,30,33)/p+1. The zero-order chi connectivity index (χ0) is 23.9. The summed E-state index contributed by atoms with van der Waals surface area (Å²) < 4.78 is 5.29. The van der Waals surface area contributed by atoms with Crippen molar-refractivity contribution in [1.29, 1.82) is 0 Å². The van der Waals surface area contributed by atoms with E-state index in [1.165, 1.54) is 44.3 Å². The van der Waals surface area contributed by atoms with Crippen LogP contribution in [0, 0.1) is 0 Å². The molecule has 0 unspecified atom stereocenters. The summed E-state index contributed by atoms with van der Waals surface area (Å²) in [5.41, 5.74) is 4.52. The van der Waals surface area contributed by atoms with Gasteiger partial charge >= 0.3 is 0 Å². The molecule has 5 heteroatoms. The highest BCUT2D eigenvalue weighted by Crippen LogP contribution is 2.28. The summed E-state index contributed by atoms with van der Waals surface area (Å²) >= 11 is 0. The second kappa shape index (κ2) is 11.5. The van der Waals surface area contributed by atoms with E-state index in [9.17, 15) is 4.79 Å². The first kappa shape index (κ1) is 24.2. The summed E-state index contributed by atoms with van der Waals surface area (Å²) in [4.78, 5) is 19.9. The number of methoxy groups -OCH3 is 1. The van der Waals surface area contributed by atoms with Crippen LogP contribution in [0.5, 0.6) is 5.75 Å². The van der Waals surface area contributed by atoms with Gasteiger partial charge in [-0.15, -0.1) is 0 Å². The first-order valence-electron chi connectivity index (χ1n) is 12.8. The van der Waals surface area contributed by atoms with Crippen molar-refractivity contribution < 1.29 is 14.4 Å². The molecular formula is C29H38N3O2+. The van der Waals surface area contributed by atoms with Crippen molar-refractivity contribution in [1.82, 2.24) is 10.3 Å². The number of ether oxygens (including phenoxy) is 1. The minimum Gasteiger partial charge on any atom is -0.497 e. The molecule has 0 bridgehead atoms. The monoisotopic (exact) mass is 460 g/mol. The molecule has 4 rings (SSSR count). The van der Waals surface area contributed by atoms with Crippen LogP contribution in [0.15, 0.2) is 48.5 Å². The molecule has 5 nitrogen and oxygen atoms in total. The van der Waals surface area contributed by atoms with Gasteiger partial charge in [0.25, 0.3) is 5.91 Å². The Bertz CT molecular complexity index is 1100. The predicted octanol–water partition coefficient (Wildman–Crippen LogP) is 4.61. The molecule has 2 heterocycles. The number of hydrogen-bond acceptors (Lipinski definition) is 3. The van der Waals surface area contributed by atoms with Crippen molar-refractivity contribution in [2.75, 3.05) is 33.3 Å². The third kappa shape index (κ3) is 5.95. The van der Waals surface area contributed by atoms with Crippen LogP contribution in [0.4, 0.5) is 0 Å². The molecule has 0 atom stereocenters. The van der Waals surface area contributed by atoms with Crippen molar-refractivity contribution >= 4 is 16.8 Å². The van der Waals surface area contributed by atoms with Crippen LogP contribution in [-0.2, 0) is 0 Å². The second-order valence-electron chi connectivity index (χ2n) is 9.74. The molecule has 2 N–H and O–H groups in total. The molecule has 3 aromatic rings. The molecule has 1 saturated heterocycles. The molecule has 1 aromatic heterocycles. The Morgan fingerprint density at radius 2 is 1.76 bits per heavy atom. The van der Waals surface area contributed by atoms with Crippen LogP contribution in [-0.4, -0.2) is 44.2 Å². The zero-order valence-corrected chi connectivity index (χ0v) is 20.8. The van der Waals surface area contributed by atoms with E-state index >= 15 is 0 Å². The smallest absolute Gasteiger partial charge is 0.252 e. The summed E-state index contributed by atoms with van der Waals surface area (Å²) in [6.07, 6.45) is 6.40. The summed E-state index contributed by atoms with van der Waals surface area (Å²) in [7, 11) is 1.66. The summed E-state index contributed by atoms with van der Waals surface area (Å²) in [5.74, 6) is 1.17. The molecule has 34 heavy (non-hydrogen) atoms. The summed E-state index contributed by atoms with van der Waals surface area (Å²) in [6.45, 7) is 8.72. The van der Waals surface area contributed by atoms with Gasteiger partial charge in [-0.25, -0.2) is 4.98 Å². The number of hydrogen-bond donors (Lipinski definition) is 2. The number of fused-ring (bicyclic) bond motifs is 1. The Labute approximate surface area is 203 Å². The van der Waals surface area contributed by atoms with Crippen molar-refractivity contribution in [3.63, 3.8) is 0 Å². The molecule has 0 spiro atoms. The van der Waals surface area contributed by atoms with Crippen LogP contribution >= 0.6 is 0 Å². The van der Waals surface area contributed by atoms with E-state index in [1.807, 2.05) is 36.4 Å². The van der Waals surface area contributed by atoms with Crippen molar-refractivity contribution in [3.8, 4) is 17.0 Å². The molecule has 0 radical (unpaired) electrons. The van der Waals surface area contributed by atoms with Crippen LogP contribution in [0.1, 0.15) is 67.8 Å². The van der Waals surface area contributed by atoms with Gasteiger partial charge in [0.1, 0.15) is 5.75 Å². The van der Waals surface area contributed by atoms with Crippen LogP contribution < -0.4 is 15.0 Å². The highest BCUT2D eigenvalue weighted by molar-refractivity contribution is 6.07. The fraction of sp³-hybridized carbons (Fsp3) is 0.448. The lowest BCUT2D eigenvalue weighted by Crippen LogP contribution is -3.11. The number of benzene rings is 2. The zero-order valence-electron chi connectivity index (χ0n) is 20.8. The lowest BCUT2D eigenvalue weighted by atomic mass is 9.97. The topological polar surface area (TPSA) is 55.7 Å². The van der Waals surface area contributed by atoms with E-state index in [0.717, 1.165) is 40.9 Å². The van der Waals surface area contributed by atoms with Crippen molar-refractivity contribution in [3.05, 3.63) is 59.7 Å². The minimum absolute atomic E-state index is 0.0195. The maximum Gasteiger partial charge on any atom is 0.252 e. The highest BCUT2D eigenvalue weighted by atomic mass is 16.5. The van der Waals surface area contributed by atoms with E-state index in [4.69, 9.17) is 9.72 Å². The van der Waals surface area contributed by atoms with Gasteiger partial charge in [0, 0.05) is 23.9 Å². The van der Waals surface area contributed by atoms with Gasteiger partial charge < -0.3 is 15.0 Å². The number of nitrogens with one attached hydrogen (secondary N) is 2. The van der Waals surface area contributed by atoms with E-state index in [1.54, 1.807) is 12.0 Å². The first-order chi connectivity index (χ1) is 16.5. The van der Waals surface area contributed by atoms with Gasteiger partial charge in [-0.3, -0.25) is 4.79 Å². The fourth-order valence-corrected chi connectivity index (χ4v) is 4.81. The molecule has 0 saturated carbocycles. The normalized spacial score (nSPS) is 14.8. The Hall–Kier alpha value is -2.92. The lowest BCUT2D eigenvalue weighted by molar-refractivity contribution is -0.899. The van der Waals surface area contributed by atoms with Gasteiger partial charge in [-0.05, 0) is 79.6 Å². The lowest BCUT2D eigenvalue weighted by Gasteiger charge is -2.17. The Kier molecular flexibility index (Phi) is 8.17. The third-order valence-corrected chi connectivity index (χ3v) is 6.93. The van der Waals surface area contributed by atoms with Crippen LogP contribution in [0.2, 0.25) is 0 Å². The van der Waals surface area contributed by atoms with Gasteiger partial charge in [-0.2, -0.15) is 0 Å². The summed E-state index contributed by atoms with van der Waals surface area (Å²) in [6, 6.07) is 16.0. The number of likely N-dealkylation sites (tertiary alicyclic amines) is 1. The number of aromatic nitrogens is 1. The third-order valence-electron chi connectivity index (χ3n) is 6.93. The van der Waals surface area contributed by atoms with Gasteiger partial charge in [0.2, 0.25) is 0 Å². The molecule has 1 fully saturated rings. The number of carbonyl (C=O) groups excluding carboxylic acids is 1. The molecule has 1 amide bonds. The van der Waals surface area contributed by atoms with Gasteiger partial charge in [0.05, 0.1) is 43.5 Å². The van der Waals surface area contributed by atoms with Gasteiger partial charge in [0.15, 0.2) is 0 Å². The number of carbonyl (C=O) groups is 1. The molecule has 1 aliphatic heterocycles. The fourth-order valence-electron chi connectivity index (χ4n) is 4.81. The molecule has 2 aromatic carbocycles. The Morgan fingerprint density at radius 3 is 2.44 bits per heavy atom. The first-order valence-corrected chi connectivity index (χ1v) is 12.8. The average Bonchev–Trinajstić information content (AvgIpc) is 3.14. The number of amides is 1. The maximum absolute atomic E-state index is 13.4. The molecule has 1 aliphatic rings. The van der Waals surface area contributed by atoms with Gasteiger partial charge in [-0.1, -0.05) is 19.9 Å². The number of pyridine rings is 1. The summed E-state index contributed by atoms with van der Waals surface area (Å²) in [5, 5.41) is 4.11. The highest BCUT2D eigenvalue weighted by Gasteiger charge is 2.16. The van der Waals surface area contributed by atoms with Crippen molar-refractivity contribution in [2.45, 2.75) is 51.9 Å². The predicted molar refractivity (Wildman–Crippen MR) is 139 cm³/mol. The largest absolute Gasteiger partial charge is 0.497 e. The maximum atomic E-state index is 13.4. The molecule has 0 aliphatic carbocycles. The van der Waals surface area contributed by atoms with E-state index in [-0.39, 0.29) is 5.91 Å². The number of nitrogens with zero attached hydrogens (tertiary/aromatic N) is 1.